The average Bonchev–Trinajstić information content (AvgIpc) is 2.57. The molecule has 0 aromatic heterocycles. The van der Waals surface area contributed by atoms with Crippen LogP contribution < -0.4 is 9.47 Å². The first kappa shape index (κ1) is 22.4. The summed E-state index contributed by atoms with van der Waals surface area (Å²) in [7, 11) is 1.41. The Morgan fingerprint density at radius 1 is 1.04 bits per heavy atom. The van der Waals surface area contributed by atoms with Gasteiger partial charge in [-0.25, -0.2) is 4.79 Å². The Hall–Kier alpha value is -2.68. The van der Waals surface area contributed by atoms with Crippen LogP contribution in [0.4, 0.5) is 0 Å². The summed E-state index contributed by atoms with van der Waals surface area (Å²) in [6.45, 7) is -0.660. The maximum absolute atomic E-state index is 12.2. The van der Waals surface area contributed by atoms with Crippen LogP contribution in [-0.2, 0) is 4.79 Å². The molecule has 0 heterocycles. The van der Waals surface area contributed by atoms with Crippen molar-refractivity contribution in [1.29, 1.82) is 0 Å². The van der Waals surface area contributed by atoms with E-state index in [0.29, 0.717) is 5.56 Å². The SMILES string of the molecule is COc1ccc(/C=C/C(=O)c2c(O)cc(OCC(=O)O)cc2O)cc1O.[NaH]. The molecule has 27 heavy (non-hydrogen) atoms. The zero-order valence-corrected chi connectivity index (χ0v) is 13.7. The monoisotopic (exact) mass is 384 g/mol. The molecule has 0 aliphatic rings. The third kappa shape index (κ3) is 5.92. The summed E-state index contributed by atoms with van der Waals surface area (Å²) in [4.78, 5) is 22.7. The second kappa shape index (κ2) is 9.86. The molecule has 9 heteroatoms. The molecule has 2 aromatic rings. The Balaban J connectivity index is 0.00000364. The first-order valence-corrected chi connectivity index (χ1v) is 7.31. The number of hydrogen-bond acceptors (Lipinski definition) is 7. The molecule has 0 aliphatic carbocycles. The van der Waals surface area contributed by atoms with E-state index in [9.17, 15) is 24.9 Å². The van der Waals surface area contributed by atoms with Crippen molar-refractivity contribution in [1.82, 2.24) is 0 Å². The third-order valence-electron chi connectivity index (χ3n) is 3.31. The molecular formula is C18H17NaO8. The van der Waals surface area contributed by atoms with Gasteiger partial charge in [0.05, 0.1) is 7.11 Å². The van der Waals surface area contributed by atoms with Crippen molar-refractivity contribution in [3.63, 3.8) is 0 Å². The van der Waals surface area contributed by atoms with E-state index in [1.807, 2.05) is 0 Å². The van der Waals surface area contributed by atoms with E-state index >= 15 is 0 Å². The van der Waals surface area contributed by atoms with Crippen molar-refractivity contribution in [2.24, 2.45) is 0 Å². The fourth-order valence-electron chi connectivity index (χ4n) is 2.13. The van der Waals surface area contributed by atoms with Gasteiger partial charge in [0, 0.05) is 12.1 Å². The number of benzene rings is 2. The molecule has 0 aliphatic heterocycles. The van der Waals surface area contributed by atoms with Crippen LogP contribution in [0.25, 0.3) is 6.08 Å². The van der Waals surface area contributed by atoms with Crippen molar-refractivity contribution in [3.05, 3.63) is 47.5 Å². The fourth-order valence-corrected chi connectivity index (χ4v) is 2.13. The second-order valence-electron chi connectivity index (χ2n) is 5.15. The van der Waals surface area contributed by atoms with E-state index in [2.05, 4.69) is 0 Å². The number of carboxylic acid groups (broad SMARTS) is 1. The van der Waals surface area contributed by atoms with E-state index in [1.165, 1.54) is 25.3 Å². The molecule has 0 amide bonds. The van der Waals surface area contributed by atoms with Gasteiger partial charge < -0.3 is 29.9 Å². The van der Waals surface area contributed by atoms with E-state index < -0.39 is 29.9 Å². The molecule has 8 nitrogen and oxygen atoms in total. The van der Waals surface area contributed by atoms with Crippen LogP contribution in [0.15, 0.2) is 36.4 Å². The number of ketones is 1. The summed E-state index contributed by atoms with van der Waals surface area (Å²) in [6.07, 6.45) is 2.49. The number of ether oxygens (including phenoxy) is 2. The van der Waals surface area contributed by atoms with Gasteiger partial charge in [-0.1, -0.05) is 12.1 Å². The summed E-state index contributed by atoms with van der Waals surface area (Å²) < 4.78 is 9.76. The van der Waals surface area contributed by atoms with Crippen LogP contribution in [0, 0.1) is 0 Å². The number of carboxylic acids is 1. The number of hydrogen-bond donors (Lipinski definition) is 4. The van der Waals surface area contributed by atoms with Crippen molar-refractivity contribution < 1.29 is 39.5 Å². The molecule has 0 atom stereocenters. The number of phenols is 3. The minimum absolute atomic E-state index is 0. The summed E-state index contributed by atoms with van der Waals surface area (Å²) >= 11 is 0. The van der Waals surface area contributed by atoms with Gasteiger partial charge in [0.1, 0.15) is 22.8 Å². The van der Waals surface area contributed by atoms with Crippen LogP contribution in [-0.4, -0.2) is 75.5 Å². The van der Waals surface area contributed by atoms with Gasteiger partial charge in [-0.2, -0.15) is 0 Å². The number of aliphatic carboxylic acids is 1. The van der Waals surface area contributed by atoms with E-state index in [1.54, 1.807) is 6.07 Å². The normalized spacial score (nSPS) is 10.3. The van der Waals surface area contributed by atoms with Gasteiger partial charge in [-0.3, -0.25) is 4.79 Å². The molecule has 0 saturated carbocycles. The first-order chi connectivity index (χ1) is 12.3. The summed E-state index contributed by atoms with van der Waals surface area (Å²) in [5.74, 6) is -2.96. The Morgan fingerprint density at radius 3 is 2.19 bits per heavy atom. The molecular weight excluding hydrogens is 367 g/mol. The molecule has 2 aromatic carbocycles. The molecule has 0 fully saturated rings. The molecule has 4 N–H and O–H groups in total. The van der Waals surface area contributed by atoms with Crippen molar-refractivity contribution in [3.8, 4) is 28.7 Å². The standard InChI is InChI=1S/C18H16O8.Na.H/c1-25-16-5-3-10(6-13(16)20)2-4-12(19)18-14(21)7-11(8-15(18)22)26-9-17(23)24;;/h2-8,20-22H,9H2,1H3,(H,23,24);;/b4-2+;;. The van der Waals surface area contributed by atoms with Gasteiger partial charge in [0.25, 0.3) is 0 Å². The minimum atomic E-state index is -1.23. The van der Waals surface area contributed by atoms with Crippen molar-refractivity contribution in [2.45, 2.75) is 0 Å². The number of carbonyl (C=O) groups is 2. The zero-order valence-electron chi connectivity index (χ0n) is 13.7. The molecule has 0 bridgehead atoms. The van der Waals surface area contributed by atoms with Gasteiger partial charge in [-0.05, 0) is 23.8 Å². The van der Waals surface area contributed by atoms with Crippen molar-refractivity contribution in [2.75, 3.05) is 13.7 Å². The Morgan fingerprint density at radius 2 is 1.67 bits per heavy atom. The number of carbonyl (C=O) groups excluding carboxylic acids is 1. The first-order valence-electron chi connectivity index (χ1n) is 7.31. The van der Waals surface area contributed by atoms with Gasteiger partial charge >= 0.3 is 35.5 Å². The fraction of sp³-hybridized carbons (Fsp3) is 0.111. The number of allylic oxidation sites excluding steroid dienone is 1. The number of aromatic hydroxyl groups is 3. The molecule has 0 saturated heterocycles. The van der Waals surface area contributed by atoms with Crippen LogP contribution >= 0.6 is 0 Å². The molecule has 2 rings (SSSR count). The van der Waals surface area contributed by atoms with Gasteiger partial charge in [-0.15, -0.1) is 0 Å². The molecule has 0 spiro atoms. The van der Waals surface area contributed by atoms with Crippen LogP contribution in [0.2, 0.25) is 0 Å². The quantitative estimate of drug-likeness (QED) is 0.321. The third-order valence-corrected chi connectivity index (χ3v) is 3.31. The topological polar surface area (TPSA) is 134 Å². The summed E-state index contributed by atoms with van der Waals surface area (Å²) in [5, 5.41) is 38.1. The zero-order chi connectivity index (χ0) is 19.3. The average molecular weight is 384 g/mol. The number of methoxy groups -OCH3 is 1. The van der Waals surface area contributed by atoms with Crippen LogP contribution in [0.5, 0.6) is 28.7 Å². The number of rotatable bonds is 7. The number of phenolic OH excluding ortho intramolecular Hbond substituents is 3. The van der Waals surface area contributed by atoms with Gasteiger partial charge in [0.15, 0.2) is 23.9 Å². The summed E-state index contributed by atoms with van der Waals surface area (Å²) in [6, 6.07) is 6.56. The Kier molecular flexibility index (Phi) is 8.17. The molecule has 0 unspecified atom stereocenters. The van der Waals surface area contributed by atoms with Crippen LogP contribution in [0.3, 0.4) is 0 Å². The predicted molar refractivity (Wildman–Crippen MR) is 98.1 cm³/mol. The van der Waals surface area contributed by atoms with Gasteiger partial charge in [0.2, 0.25) is 0 Å². The van der Waals surface area contributed by atoms with E-state index in [0.717, 1.165) is 18.2 Å². The maximum atomic E-state index is 12.2. The van der Waals surface area contributed by atoms with Crippen molar-refractivity contribution >= 4 is 47.4 Å². The van der Waals surface area contributed by atoms with E-state index in [4.69, 9.17) is 14.6 Å². The van der Waals surface area contributed by atoms with E-state index in [-0.39, 0.29) is 52.4 Å². The van der Waals surface area contributed by atoms with Crippen LogP contribution in [0.1, 0.15) is 15.9 Å². The predicted octanol–water partition coefficient (Wildman–Crippen LogP) is 1.52. The second-order valence-corrected chi connectivity index (χ2v) is 5.15. The Labute approximate surface area is 176 Å². The summed E-state index contributed by atoms with van der Waals surface area (Å²) in [5.41, 5.74) is 0.138. The molecule has 0 radical (unpaired) electrons. The Bertz CT molecular complexity index is 853. The molecule has 138 valence electrons.